The zero-order valence-electron chi connectivity index (χ0n) is 8.48. The van der Waals surface area contributed by atoms with Gasteiger partial charge in [-0.3, -0.25) is 4.79 Å². The third-order valence-electron chi connectivity index (χ3n) is 1.99. The quantitative estimate of drug-likeness (QED) is 0.689. The summed E-state index contributed by atoms with van der Waals surface area (Å²) in [6.07, 6.45) is 1.52. The highest BCUT2D eigenvalue weighted by Gasteiger charge is 2.21. The number of hydrogen-bond acceptors (Lipinski definition) is 3. The molecule has 0 spiro atoms. The number of carbonyl (C=O) groups excluding carboxylic acids is 1. The van der Waals surface area contributed by atoms with E-state index in [0.717, 1.165) is 0 Å². The zero-order chi connectivity index (χ0) is 12.3. The minimum absolute atomic E-state index is 0.227. The first kappa shape index (κ1) is 12.5. The molecule has 1 aromatic heterocycles. The maximum absolute atomic E-state index is 11.6. The van der Waals surface area contributed by atoms with E-state index in [1.54, 1.807) is 7.05 Å². The summed E-state index contributed by atoms with van der Waals surface area (Å²) in [5.41, 5.74) is 0.227. The highest BCUT2D eigenvalue weighted by molar-refractivity contribution is 6.31. The minimum atomic E-state index is -1.32. The van der Waals surface area contributed by atoms with Gasteiger partial charge in [0.15, 0.2) is 6.04 Å². The van der Waals surface area contributed by atoms with Crippen LogP contribution in [0, 0.1) is 0 Å². The van der Waals surface area contributed by atoms with Gasteiger partial charge in [-0.05, 0) is 6.07 Å². The summed E-state index contributed by atoms with van der Waals surface area (Å²) in [5.74, 6) is -1.90. The molecule has 0 fully saturated rings. The van der Waals surface area contributed by atoms with Crippen molar-refractivity contribution in [3.63, 3.8) is 0 Å². The average molecular weight is 247 g/mol. The molecule has 0 aliphatic heterocycles. The molecule has 0 aliphatic rings. The molecule has 6 nitrogen and oxygen atoms in total. The van der Waals surface area contributed by atoms with Crippen molar-refractivity contribution < 1.29 is 19.8 Å². The normalized spacial score (nSPS) is 12.2. The molecule has 1 amide bonds. The summed E-state index contributed by atoms with van der Waals surface area (Å²) in [6.45, 7) is -0.667. The van der Waals surface area contributed by atoms with Crippen LogP contribution < -0.4 is 5.32 Å². The molecule has 7 heteroatoms. The molecule has 0 saturated carbocycles. The molecule has 0 saturated heterocycles. The fourth-order valence-electron chi connectivity index (χ4n) is 1.17. The first-order chi connectivity index (χ1) is 7.45. The van der Waals surface area contributed by atoms with Gasteiger partial charge in [0, 0.05) is 13.2 Å². The molecular weight excluding hydrogens is 236 g/mol. The Morgan fingerprint density at radius 3 is 2.62 bits per heavy atom. The van der Waals surface area contributed by atoms with E-state index in [1.165, 1.54) is 16.8 Å². The number of halogens is 1. The van der Waals surface area contributed by atoms with Crippen molar-refractivity contribution in [2.24, 2.45) is 7.05 Å². The molecule has 0 aliphatic carbocycles. The van der Waals surface area contributed by atoms with Gasteiger partial charge in [-0.1, -0.05) is 11.6 Å². The lowest BCUT2D eigenvalue weighted by molar-refractivity contribution is -0.140. The van der Waals surface area contributed by atoms with E-state index in [1.807, 2.05) is 0 Å². The number of carboxylic acid groups (broad SMARTS) is 1. The number of amides is 1. The maximum atomic E-state index is 11.6. The predicted molar refractivity (Wildman–Crippen MR) is 56.4 cm³/mol. The number of aliphatic hydroxyl groups is 1. The van der Waals surface area contributed by atoms with Gasteiger partial charge in [0.05, 0.1) is 11.6 Å². The van der Waals surface area contributed by atoms with E-state index in [4.69, 9.17) is 21.8 Å². The third kappa shape index (κ3) is 2.74. The van der Waals surface area contributed by atoms with Gasteiger partial charge in [0.2, 0.25) is 0 Å². The van der Waals surface area contributed by atoms with Gasteiger partial charge in [-0.2, -0.15) is 0 Å². The van der Waals surface area contributed by atoms with Gasteiger partial charge in [0.1, 0.15) is 5.69 Å². The molecular formula is C9H11ClN2O4. The number of aliphatic hydroxyl groups excluding tert-OH is 1. The largest absolute Gasteiger partial charge is 0.480 e. The fraction of sp³-hybridized carbons (Fsp3) is 0.333. The van der Waals surface area contributed by atoms with Gasteiger partial charge in [-0.15, -0.1) is 0 Å². The number of nitrogens with zero attached hydrogens (tertiary/aromatic N) is 1. The number of rotatable bonds is 4. The SMILES string of the molecule is Cn1cc(Cl)cc1C(=O)N[C@@H](CO)C(=O)O. The summed E-state index contributed by atoms with van der Waals surface area (Å²) in [4.78, 5) is 22.2. The monoisotopic (exact) mass is 246 g/mol. The number of nitrogens with one attached hydrogen (secondary N) is 1. The van der Waals surface area contributed by atoms with E-state index < -0.39 is 24.5 Å². The van der Waals surface area contributed by atoms with E-state index in [-0.39, 0.29) is 5.69 Å². The van der Waals surface area contributed by atoms with Crippen molar-refractivity contribution in [2.45, 2.75) is 6.04 Å². The Kier molecular flexibility index (Phi) is 3.92. The number of aryl methyl sites for hydroxylation is 1. The molecule has 16 heavy (non-hydrogen) atoms. The van der Waals surface area contributed by atoms with Crippen molar-refractivity contribution in [1.82, 2.24) is 9.88 Å². The molecule has 0 bridgehead atoms. The highest BCUT2D eigenvalue weighted by atomic mass is 35.5. The number of hydrogen-bond donors (Lipinski definition) is 3. The van der Waals surface area contributed by atoms with Crippen LogP contribution in [0.5, 0.6) is 0 Å². The summed E-state index contributed by atoms with van der Waals surface area (Å²) in [7, 11) is 1.61. The van der Waals surface area contributed by atoms with Crippen molar-refractivity contribution in [3.8, 4) is 0 Å². The van der Waals surface area contributed by atoms with Crippen LogP contribution in [0.25, 0.3) is 0 Å². The second kappa shape index (κ2) is 5.00. The Balaban J connectivity index is 2.79. The topological polar surface area (TPSA) is 91.6 Å². The molecule has 0 unspecified atom stereocenters. The Hall–Kier alpha value is -1.53. The van der Waals surface area contributed by atoms with Crippen molar-refractivity contribution in [2.75, 3.05) is 6.61 Å². The molecule has 1 atom stereocenters. The minimum Gasteiger partial charge on any atom is -0.480 e. The Labute approximate surface area is 96.4 Å². The Morgan fingerprint density at radius 1 is 1.62 bits per heavy atom. The lowest BCUT2D eigenvalue weighted by Crippen LogP contribution is -2.43. The van der Waals surface area contributed by atoms with Crippen LogP contribution in [0.15, 0.2) is 12.3 Å². The number of aromatic nitrogens is 1. The highest BCUT2D eigenvalue weighted by Crippen LogP contribution is 2.12. The predicted octanol–water partition coefficient (Wildman–Crippen LogP) is -0.146. The molecule has 1 rings (SSSR count). The van der Waals surface area contributed by atoms with Crippen LogP contribution in [0.1, 0.15) is 10.5 Å². The van der Waals surface area contributed by atoms with Gasteiger partial charge in [0.25, 0.3) is 5.91 Å². The number of carboxylic acids is 1. The van der Waals surface area contributed by atoms with Crippen LogP contribution >= 0.6 is 11.6 Å². The van der Waals surface area contributed by atoms with Crippen molar-refractivity contribution in [3.05, 3.63) is 23.0 Å². The van der Waals surface area contributed by atoms with Gasteiger partial charge in [-0.25, -0.2) is 4.79 Å². The average Bonchev–Trinajstić information content (AvgIpc) is 2.53. The van der Waals surface area contributed by atoms with Crippen LogP contribution in [-0.4, -0.2) is 39.3 Å². The zero-order valence-corrected chi connectivity index (χ0v) is 9.23. The second-order valence-electron chi connectivity index (χ2n) is 3.20. The van der Waals surface area contributed by atoms with Crippen LogP contribution in [-0.2, 0) is 11.8 Å². The first-order valence-corrected chi connectivity index (χ1v) is 4.80. The van der Waals surface area contributed by atoms with E-state index in [2.05, 4.69) is 5.32 Å². The standard InChI is InChI=1S/C9H11ClN2O4/c1-12-3-5(10)2-7(12)8(14)11-6(4-13)9(15)16/h2-3,6,13H,4H2,1H3,(H,11,14)(H,15,16)/t6-/m0/s1. The van der Waals surface area contributed by atoms with Crippen molar-refractivity contribution in [1.29, 1.82) is 0 Å². The lowest BCUT2D eigenvalue weighted by atomic mass is 10.3. The Morgan fingerprint density at radius 2 is 2.25 bits per heavy atom. The molecule has 88 valence electrons. The van der Waals surface area contributed by atoms with Gasteiger partial charge < -0.3 is 20.1 Å². The van der Waals surface area contributed by atoms with E-state index in [0.29, 0.717) is 5.02 Å². The molecule has 1 aromatic rings. The molecule has 3 N–H and O–H groups in total. The first-order valence-electron chi connectivity index (χ1n) is 4.42. The molecule has 1 heterocycles. The third-order valence-corrected chi connectivity index (χ3v) is 2.20. The lowest BCUT2D eigenvalue weighted by Gasteiger charge is -2.11. The molecule has 0 radical (unpaired) electrons. The summed E-state index contributed by atoms with van der Waals surface area (Å²) < 4.78 is 1.47. The maximum Gasteiger partial charge on any atom is 0.328 e. The molecule has 0 aromatic carbocycles. The van der Waals surface area contributed by atoms with E-state index >= 15 is 0 Å². The van der Waals surface area contributed by atoms with E-state index in [9.17, 15) is 9.59 Å². The Bertz CT molecular complexity index is 416. The fourth-order valence-corrected chi connectivity index (χ4v) is 1.42. The summed E-state index contributed by atoms with van der Waals surface area (Å²) >= 11 is 5.68. The van der Waals surface area contributed by atoms with Crippen LogP contribution in [0.2, 0.25) is 5.02 Å². The summed E-state index contributed by atoms with van der Waals surface area (Å²) in [5, 5.41) is 19.9. The van der Waals surface area contributed by atoms with Crippen molar-refractivity contribution >= 4 is 23.5 Å². The van der Waals surface area contributed by atoms with Gasteiger partial charge >= 0.3 is 5.97 Å². The van der Waals surface area contributed by atoms with Crippen LogP contribution in [0.3, 0.4) is 0 Å². The smallest absolute Gasteiger partial charge is 0.328 e. The number of aliphatic carboxylic acids is 1. The summed E-state index contributed by atoms with van der Waals surface area (Å²) in [6, 6.07) is 0.0915. The van der Waals surface area contributed by atoms with Crippen LogP contribution in [0.4, 0.5) is 0 Å². The second-order valence-corrected chi connectivity index (χ2v) is 3.64. The number of carbonyl (C=O) groups is 2.